The van der Waals surface area contributed by atoms with Gasteiger partial charge in [-0.3, -0.25) is 0 Å². The molecule has 1 rings (SSSR count). The minimum absolute atomic E-state index is 0.626. The molecule has 0 aromatic heterocycles. The highest BCUT2D eigenvalue weighted by Gasteiger charge is 2.31. The van der Waals surface area contributed by atoms with E-state index < -0.39 is 0 Å². The summed E-state index contributed by atoms with van der Waals surface area (Å²) in [5.41, 5.74) is 0.666. The quantitative estimate of drug-likeness (QED) is 0.753. The molecule has 0 spiro atoms. The maximum Gasteiger partial charge on any atom is 0.0163 e. The van der Waals surface area contributed by atoms with Gasteiger partial charge in [-0.1, -0.05) is 26.7 Å². The van der Waals surface area contributed by atoms with Crippen LogP contribution in [0.3, 0.4) is 0 Å². The van der Waals surface area contributed by atoms with Gasteiger partial charge in [-0.15, -0.1) is 0 Å². The van der Waals surface area contributed by atoms with Crippen LogP contribution in [-0.2, 0) is 0 Å². The maximum atomic E-state index is 3.32. The summed E-state index contributed by atoms with van der Waals surface area (Å²) < 4.78 is 0. The van der Waals surface area contributed by atoms with E-state index in [1.807, 2.05) is 0 Å². The van der Waals surface area contributed by atoms with Gasteiger partial charge in [0.05, 0.1) is 0 Å². The van der Waals surface area contributed by atoms with Gasteiger partial charge in [-0.05, 0) is 45.3 Å². The highest BCUT2D eigenvalue weighted by molar-refractivity contribution is 4.84. The van der Waals surface area contributed by atoms with Crippen LogP contribution in [0.5, 0.6) is 0 Å². The molecule has 15 heavy (non-hydrogen) atoms. The molecule has 0 aromatic rings. The van der Waals surface area contributed by atoms with E-state index in [9.17, 15) is 0 Å². The Morgan fingerprint density at radius 3 is 2.13 bits per heavy atom. The summed E-state index contributed by atoms with van der Waals surface area (Å²) in [7, 11) is 2.05. The van der Waals surface area contributed by atoms with Crippen molar-refractivity contribution in [3.8, 4) is 0 Å². The average molecular weight is 212 g/mol. The third kappa shape index (κ3) is 3.46. The van der Waals surface area contributed by atoms with Crippen LogP contribution in [-0.4, -0.2) is 37.6 Å². The van der Waals surface area contributed by atoms with Crippen molar-refractivity contribution >= 4 is 0 Å². The molecule has 0 aromatic carbocycles. The average Bonchev–Trinajstić information content (AvgIpc) is 2.30. The molecular formula is C13H28N2. The van der Waals surface area contributed by atoms with Crippen LogP contribution < -0.4 is 5.32 Å². The molecule has 0 radical (unpaired) electrons. The third-order valence-electron chi connectivity index (χ3n) is 4.44. The van der Waals surface area contributed by atoms with Gasteiger partial charge in [0.15, 0.2) is 0 Å². The Balaban J connectivity index is 2.35. The lowest BCUT2D eigenvalue weighted by molar-refractivity contribution is 0.0905. The van der Waals surface area contributed by atoms with Gasteiger partial charge in [0.1, 0.15) is 0 Å². The monoisotopic (exact) mass is 212 g/mol. The molecular weight excluding hydrogens is 184 g/mol. The van der Waals surface area contributed by atoms with Crippen molar-refractivity contribution < 1.29 is 0 Å². The van der Waals surface area contributed by atoms with Gasteiger partial charge in [-0.25, -0.2) is 0 Å². The molecule has 2 heteroatoms. The number of nitrogens with zero attached hydrogens (tertiary/aromatic N) is 1. The molecule has 1 aliphatic heterocycles. The summed E-state index contributed by atoms with van der Waals surface area (Å²) in [4.78, 5) is 2.62. The van der Waals surface area contributed by atoms with Crippen LogP contribution in [0, 0.1) is 5.41 Å². The lowest BCUT2D eigenvalue weighted by Crippen LogP contribution is -2.44. The Hall–Kier alpha value is -0.0800. The maximum absolute atomic E-state index is 3.32. The number of nitrogens with one attached hydrogen (secondary N) is 1. The van der Waals surface area contributed by atoms with Gasteiger partial charge in [0.2, 0.25) is 0 Å². The van der Waals surface area contributed by atoms with Crippen molar-refractivity contribution in [1.29, 1.82) is 0 Å². The molecule has 0 saturated carbocycles. The Bertz CT molecular complexity index is 165. The first-order valence-electron chi connectivity index (χ1n) is 6.55. The summed E-state index contributed by atoms with van der Waals surface area (Å²) in [5.74, 6) is 0. The van der Waals surface area contributed by atoms with Crippen molar-refractivity contribution in [3.63, 3.8) is 0 Å². The summed E-state index contributed by atoms with van der Waals surface area (Å²) in [6.07, 6.45) is 5.52. The van der Waals surface area contributed by atoms with Gasteiger partial charge in [0, 0.05) is 12.6 Å². The van der Waals surface area contributed by atoms with E-state index in [-0.39, 0.29) is 0 Å². The van der Waals surface area contributed by atoms with Gasteiger partial charge in [0.25, 0.3) is 0 Å². The molecule has 90 valence electrons. The summed E-state index contributed by atoms with van der Waals surface area (Å²) in [6.45, 7) is 10.8. The molecule has 1 aliphatic rings. The minimum Gasteiger partial charge on any atom is -0.316 e. The molecule has 1 unspecified atom stereocenters. The molecule has 0 amide bonds. The van der Waals surface area contributed by atoms with E-state index in [1.165, 1.54) is 45.3 Å². The lowest BCUT2D eigenvalue weighted by Gasteiger charge is -2.41. The van der Waals surface area contributed by atoms with Gasteiger partial charge in [-0.2, -0.15) is 0 Å². The molecule has 1 saturated heterocycles. The number of hydrogen-bond acceptors (Lipinski definition) is 2. The van der Waals surface area contributed by atoms with Crippen LogP contribution >= 0.6 is 0 Å². The Morgan fingerprint density at radius 2 is 1.73 bits per heavy atom. The second-order valence-electron chi connectivity index (χ2n) is 5.20. The Morgan fingerprint density at radius 1 is 1.20 bits per heavy atom. The highest BCUT2D eigenvalue weighted by atomic mass is 15.2. The van der Waals surface area contributed by atoms with Crippen LogP contribution in [0.2, 0.25) is 0 Å². The first-order chi connectivity index (χ1) is 7.15. The van der Waals surface area contributed by atoms with Crippen molar-refractivity contribution in [2.75, 3.05) is 26.7 Å². The summed E-state index contributed by atoms with van der Waals surface area (Å²) in [6, 6.07) is 0.626. The van der Waals surface area contributed by atoms with Crippen LogP contribution in [0.1, 0.15) is 46.5 Å². The first kappa shape index (κ1) is 13.0. The predicted molar refractivity (Wildman–Crippen MR) is 67.2 cm³/mol. The smallest absolute Gasteiger partial charge is 0.0163 e. The third-order valence-corrected chi connectivity index (χ3v) is 4.44. The largest absolute Gasteiger partial charge is 0.316 e. The Kier molecular flexibility index (Phi) is 5.07. The second kappa shape index (κ2) is 5.86. The van der Waals surface area contributed by atoms with E-state index in [4.69, 9.17) is 0 Å². The molecule has 1 fully saturated rings. The molecule has 2 nitrogen and oxygen atoms in total. The van der Waals surface area contributed by atoms with E-state index >= 15 is 0 Å². The number of piperidine rings is 1. The fraction of sp³-hybridized carbons (Fsp3) is 1.00. The van der Waals surface area contributed by atoms with E-state index in [0.29, 0.717) is 11.5 Å². The Labute approximate surface area is 95.4 Å². The summed E-state index contributed by atoms with van der Waals surface area (Å²) in [5, 5.41) is 3.32. The SMILES string of the molecule is CCC1(CC)CCN(CC(C)NC)CC1. The van der Waals surface area contributed by atoms with E-state index in [2.05, 4.69) is 38.0 Å². The zero-order chi connectivity index (χ0) is 11.3. The van der Waals surface area contributed by atoms with Gasteiger partial charge < -0.3 is 10.2 Å². The minimum atomic E-state index is 0.626. The summed E-state index contributed by atoms with van der Waals surface area (Å²) >= 11 is 0. The molecule has 0 bridgehead atoms. The van der Waals surface area contributed by atoms with Crippen molar-refractivity contribution in [1.82, 2.24) is 10.2 Å². The van der Waals surface area contributed by atoms with Gasteiger partial charge >= 0.3 is 0 Å². The normalized spacial score (nSPS) is 24.0. The fourth-order valence-corrected chi connectivity index (χ4v) is 2.65. The van der Waals surface area contributed by atoms with Crippen LogP contribution in [0.15, 0.2) is 0 Å². The lowest BCUT2D eigenvalue weighted by atomic mass is 9.74. The highest BCUT2D eigenvalue weighted by Crippen LogP contribution is 2.37. The van der Waals surface area contributed by atoms with Crippen molar-refractivity contribution in [3.05, 3.63) is 0 Å². The van der Waals surface area contributed by atoms with Crippen molar-refractivity contribution in [2.45, 2.75) is 52.5 Å². The standard InChI is InChI=1S/C13H28N2/c1-5-13(6-2)7-9-15(10-8-13)11-12(3)14-4/h12,14H,5-11H2,1-4H3. The van der Waals surface area contributed by atoms with E-state index in [1.54, 1.807) is 0 Å². The predicted octanol–water partition coefficient (Wildman–Crippen LogP) is 2.50. The first-order valence-corrected chi connectivity index (χ1v) is 6.55. The van der Waals surface area contributed by atoms with Crippen LogP contribution in [0.4, 0.5) is 0 Å². The molecule has 1 atom stereocenters. The molecule has 0 aliphatic carbocycles. The number of likely N-dealkylation sites (N-methyl/N-ethyl adjacent to an activating group) is 1. The zero-order valence-electron chi connectivity index (χ0n) is 11.0. The fourth-order valence-electron chi connectivity index (χ4n) is 2.65. The van der Waals surface area contributed by atoms with Crippen LogP contribution in [0.25, 0.3) is 0 Å². The number of likely N-dealkylation sites (tertiary alicyclic amines) is 1. The molecule has 1 heterocycles. The second-order valence-corrected chi connectivity index (χ2v) is 5.20. The van der Waals surface area contributed by atoms with E-state index in [0.717, 1.165) is 0 Å². The topological polar surface area (TPSA) is 15.3 Å². The number of rotatable bonds is 5. The zero-order valence-corrected chi connectivity index (χ0v) is 11.0. The van der Waals surface area contributed by atoms with Crippen molar-refractivity contribution in [2.24, 2.45) is 5.41 Å². The molecule has 1 N–H and O–H groups in total. The number of hydrogen-bond donors (Lipinski definition) is 1.